The molecule has 1 N–H and O–H groups in total. The molecule has 0 aliphatic rings. The van der Waals surface area contributed by atoms with Crippen LogP contribution in [0.2, 0.25) is 5.02 Å². The zero-order chi connectivity index (χ0) is 18.1. The number of aryl methyl sites for hydroxylation is 2. The van der Waals surface area contributed by atoms with Gasteiger partial charge < -0.3 is 9.84 Å². The van der Waals surface area contributed by atoms with Crippen molar-refractivity contribution in [2.75, 3.05) is 5.32 Å². The van der Waals surface area contributed by atoms with Gasteiger partial charge in [0.05, 0.1) is 17.1 Å². The molecular weight excluding hydrogens is 340 g/mol. The van der Waals surface area contributed by atoms with E-state index in [0.717, 1.165) is 16.5 Å². The molecule has 1 heterocycles. The van der Waals surface area contributed by atoms with Crippen LogP contribution in [-0.2, 0) is 11.2 Å². The van der Waals surface area contributed by atoms with Crippen molar-refractivity contribution >= 4 is 39.9 Å². The molecule has 0 fully saturated rings. The van der Waals surface area contributed by atoms with Gasteiger partial charge in [0, 0.05) is 10.9 Å². The van der Waals surface area contributed by atoms with Crippen LogP contribution in [0.3, 0.4) is 0 Å². The van der Waals surface area contributed by atoms with Crippen LogP contribution in [0.15, 0.2) is 34.9 Å². The number of nitrogens with zero attached hydrogens (tertiary/aromatic N) is 1. The number of hydrogen-bond acceptors (Lipinski definition) is 4. The molecule has 1 aromatic heterocycles. The Hall–Kier alpha value is -2.66. The fourth-order valence-corrected chi connectivity index (χ4v) is 2.99. The number of rotatable bonds is 4. The Bertz CT molecular complexity index is 992. The number of halogens is 1. The summed E-state index contributed by atoms with van der Waals surface area (Å²) in [6, 6.07) is 8.69. The number of carbonyl (C=O) groups is 2. The van der Waals surface area contributed by atoms with Crippen LogP contribution in [0.25, 0.3) is 11.0 Å². The van der Waals surface area contributed by atoms with Crippen LogP contribution < -0.4 is 5.32 Å². The number of amides is 1. The highest BCUT2D eigenvalue weighted by molar-refractivity contribution is 6.33. The average molecular weight is 357 g/mol. The number of carbonyl (C=O) groups excluding carboxylic acids is 2. The van der Waals surface area contributed by atoms with Crippen LogP contribution >= 0.6 is 11.6 Å². The molecule has 0 saturated heterocycles. The van der Waals surface area contributed by atoms with Gasteiger partial charge in [0.15, 0.2) is 11.4 Å². The van der Waals surface area contributed by atoms with Crippen molar-refractivity contribution in [3.05, 3.63) is 57.7 Å². The van der Waals surface area contributed by atoms with Crippen molar-refractivity contribution in [1.82, 2.24) is 5.16 Å². The van der Waals surface area contributed by atoms with Gasteiger partial charge in [-0.1, -0.05) is 22.8 Å². The number of ketones is 1. The van der Waals surface area contributed by atoms with E-state index in [0.29, 0.717) is 27.6 Å². The number of anilines is 1. The van der Waals surface area contributed by atoms with Crippen LogP contribution in [0.1, 0.15) is 34.1 Å². The van der Waals surface area contributed by atoms with Crippen molar-refractivity contribution in [2.24, 2.45) is 0 Å². The smallest absolute Gasteiger partial charge is 0.230 e. The molecule has 128 valence electrons. The van der Waals surface area contributed by atoms with Gasteiger partial charge in [-0.05, 0) is 56.2 Å². The summed E-state index contributed by atoms with van der Waals surface area (Å²) < 4.78 is 5.34. The topological polar surface area (TPSA) is 72.2 Å². The summed E-state index contributed by atoms with van der Waals surface area (Å²) >= 11 is 6.10. The summed E-state index contributed by atoms with van der Waals surface area (Å²) in [5.41, 5.74) is 4.21. The Labute approximate surface area is 150 Å². The van der Waals surface area contributed by atoms with Crippen LogP contribution in [0, 0.1) is 13.8 Å². The highest BCUT2D eigenvalue weighted by Crippen LogP contribution is 2.26. The molecule has 0 aliphatic carbocycles. The molecule has 1 amide bonds. The minimum atomic E-state index is -0.280. The molecular formula is C19H17ClN2O3. The average Bonchev–Trinajstić information content (AvgIpc) is 2.92. The molecule has 6 heteroatoms. The van der Waals surface area contributed by atoms with Gasteiger partial charge in [-0.25, -0.2) is 0 Å². The van der Waals surface area contributed by atoms with Crippen molar-refractivity contribution in [3.8, 4) is 0 Å². The Morgan fingerprint density at radius 1 is 1.20 bits per heavy atom. The van der Waals surface area contributed by atoms with Crippen LogP contribution in [-0.4, -0.2) is 16.8 Å². The summed E-state index contributed by atoms with van der Waals surface area (Å²) in [6.45, 7) is 5.40. The fraction of sp³-hybridized carbons (Fsp3) is 0.211. The third kappa shape index (κ3) is 3.56. The molecule has 0 saturated carbocycles. The van der Waals surface area contributed by atoms with Crippen LogP contribution in [0.4, 0.5) is 5.69 Å². The number of Topliss-reactive ketones (excluding diaryl/α,β-unsaturated/α-hetero) is 1. The molecule has 3 aromatic rings. The summed E-state index contributed by atoms with van der Waals surface area (Å²) in [6.07, 6.45) is 0.0531. The number of aromatic nitrogens is 1. The number of hydrogen-bond donors (Lipinski definition) is 1. The van der Waals surface area contributed by atoms with Crippen molar-refractivity contribution < 1.29 is 14.1 Å². The van der Waals surface area contributed by atoms with E-state index in [1.807, 2.05) is 26.0 Å². The number of nitrogens with one attached hydrogen (secondary N) is 1. The lowest BCUT2D eigenvalue weighted by Gasteiger charge is -2.08. The van der Waals surface area contributed by atoms with Gasteiger partial charge >= 0.3 is 0 Å². The van der Waals surface area contributed by atoms with Crippen LogP contribution in [0.5, 0.6) is 0 Å². The summed E-state index contributed by atoms with van der Waals surface area (Å²) in [4.78, 5) is 23.9. The maximum absolute atomic E-state index is 12.4. The standard InChI is InChI=1S/C19H17ClN2O3/c1-10-6-11(2)19-16(22-25-17(19)7-10)9-18(24)21-15-8-13(12(3)23)4-5-14(15)20/h4-8H,9H2,1-3H3,(H,21,24). The molecule has 25 heavy (non-hydrogen) atoms. The lowest BCUT2D eigenvalue weighted by Crippen LogP contribution is -2.15. The van der Waals surface area contributed by atoms with Gasteiger partial charge in [0.25, 0.3) is 0 Å². The first-order chi connectivity index (χ1) is 11.8. The Morgan fingerprint density at radius 2 is 1.96 bits per heavy atom. The fourth-order valence-electron chi connectivity index (χ4n) is 2.83. The molecule has 0 aliphatic heterocycles. The maximum Gasteiger partial charge on any atom is 0.230 e. The van der Waals surface area contributed by atoms with E-state index in [-0.39, 0.29) is 18.1 Å². The second-order valence-electron chi connectivity index (χ2n) is 6.06. The van der Waals surface area contributed by atoms with Gasteiger partial charge in [-0.3, -0.25) is 9.59 Å². The monoisotopic (exact) mass is 356 g/mol. The summed E-state index contributed by atoms with van der Waals surface area (Å²) in [5, 5.41) is 7.98. The van der Waals surface area contributed by atoms with Crippen molar-refractivity contribution in [1.29, 1.82) is 0 Å². The van der Waals surface area contributed by atoms with Gasteiger partial charge in [-0.2, -0.15) is 0 Å². The molecule has 0 bridgehead atoms. The minimum Gasteiger partial charge on any atom is -0.356 e. The van der Waals surface area contributed by atoms with Crippen molar-refractivity contribution in [3.63, 3.8) is 0 Å². The zero-order valence-electron chi connectivity index (χ0n) is 14.1. The molecule has 0 spiro atoms. The number of fused-ring (bicyclic) bond motifs is 1. The Balaban J connectivity index is 1.84. The van der Waals surface area contributed by atoms with E-state index in [9.17, 15) is 9.59 Å². The summed E-state index contributed by atoms with van der Waals surface area (Å²) in [7, 11) is 0. The zero-order valence-corrected chi connectivity index (χ0v) is 14.9. The third-order valence-corrected chi connectivity index (χ3v) is 4.29. The van der Waals surface area contributed by atoms with Gasteiger partial charge in [-0.15, -0.1) is 0 Å². The normalized spacial score (nSPS) is 10.9. The van der Waals surface area contributed by atoms with E-state index >= 15 is 0 Å². The predicted octanol–water partition coefficient (Wildman–Crippen LogP) is 4.48. The van der Waals surface area contributed by atoms with Gasteiger partial charge in [0.2, 0.25) is 5.91 Å². The predicted molar refractivity (Wildman–Crippen MR) is 97.3 cm³/mol. The quantitative estimate of drug-likeness (QED) is 0.699. The van der Waals surface area contributed by atoms with E-state index in [1.165, 1.54) is 6.92 Å². The Morgan fingerprint density at radius 3 is 2.68 bits per heavy atom. The molecule has 3 rings (SSSR count). The van der Waals surface area contributed by atoms with E-state index in [4.69, 9.17) is 16.1 Å². The minimum absolute atomic E-state index is 0.0531. The first-order valence-electron chi connectivity index (χ1n) is 7.81. The lowest BCUT2D eigenvalue weighted by molar-refractivity contribution is -0.115. The number of benzene rings is 2. The largest absolute Gasteiger partial charge is 0.356 e. The molecule has 0 atom stereocenters. The molecule has 2 aromatic carbocycles. The van der Waals surface area contributed by atoms with E-state index < -0.39 is 0 Å². The lowest BCUT2D eigenvalue weighted by atomic mass is 10.0. The Kier molecular flexibility index (Phi) is 4.59. The molecule has 5 nitrogen and oxygen atoms in total. The third-order valence-electron chi connectivity index (χ3n) is 3.96. The molecule has 0 unspecified atom stereocenters. The molecule has 0 radical (unpaired) electrons. The first kappa shape index (κ1) is 17.2. The highest BCUT2D eigenvalue weighted by atomic mass is 35.5. The first-order valence-corrected chi connectivity index (χ1v) is 8.19. The second kappa shape index (κ2) is 6.69. The second-order valence-corrected chi connectivity index (χ2v) is 6.47. The maximum atomic E-state index is 12.4. The van der Waals surface area contributed by atoms with Crippen molar-refractivity contribution in [2.45, 2.75) is 27.2 Å². The van der Waals surface area contributed by atoms with E-state index in [1.54, 1.807) is 18.2 Å². The van der Waals surface area contributed by atoms with Gasteiger partial charge in [0.1, 0.15) is 5.69 Å². The summed E-state index contributed by atoms with van der Waals surface area (Å²) in [5.74, 6) is -0.376. The highest BCUT2D eigenvalue weighted by Gasteiger charge is 2.16. The van der Waals surface area contributed by atoms with E-state index in [2.05, 4.69) is 10.5 Å². The SMILES string of the molecule is CC(=O)c1ccc(Cl)c(NC(=O)Cc2noc3cc(C)cc(C)c23)c1.